The maximum atomic E-state index is 12.1. The quantitative estimate of drug-likeness (QED) is 0.109. The van der Waals surface area contributed by atoms with E-state index in [2.05, 4.69) is 35.4 Å². The Kier molecular flexibility index (Phi) is 8.32. The van der Waals surface area contributed by atoms with Crippen molar-refractivity contribution in [3.8, 4) is 5.75 Å². The average Bonchev–Trinajstić information content (AvgIpc) is 3.28. The van der Waals surface area contributed by atoms with Gasteiger partial charge in [-0.25, -0.2) is 4.68 Å². The van der Waals surface area contributed by atoms with Crippen LogP contribution in [0.1, 0.15) is 19.3 Å². The van der Waals surface area contributed by atoms with Gasteiger partial charge in [0.25, 0.3) is 5.69 Å². The van der Waals surface area contributed by atoms with E-state index in [0.29, 0.717) is 47.7 Å². The topological polar surface area (TPSA) is 136 Å². The lowest BCUT2D eigenvalue weighted by Gasteiger charge is -2.62. The Bertz CT molecular complexity index is 1440. The van der Waals surface area contributed by atoms with E-state index in [9.17, 15) is 10.1 Å². The number of nitrogens with one attached hydrogen (secondary N) is 2. The van der Waals surface area contributed by atoms with Crippen molar-refractivity contribution >= 4 is 47.9 Å². The number of likely N-dealkylation sites (N-methyl/N-ethyl adjacent to an activating group) is 2. The molecule has 0 spiro atoms. The number of anilines is 4. The van der Waals surface area contributed by atoms with Gasteiger partial charge in [-0.1, -0.05) is 19.6 Å². The van der Waals surface area contributed by atoms with Gasteiger partial charge in [0, 0.05) is 52.5 Å². The minimum absolute atomic E-state index is 0.0336. The molecule has 0 aliphatic heterocycles. The van der Waals surface area contributed by atoms with Crippen molar-refractivity contribution in [2.45, 2.75) is 57.2 Å². The largest absolute Gasteiger partial charge is 0.494 e. The van der Waals surface area contributed by atoms with Crippen LogP contribution in [0.2, 0.25) is 25.7 Å². The minimum Gasteiger partial charge on any atom is -0.494 e. The normalized spacial score (nSPS) is 19.4. The highest BCUT2D eigenvalue weighted by Crippen LogP contribution is 2.58. The smallest absolute Gasteiger partial charge is 0.294 e. The number of rotatable bonds is 15. The number of hydrogen-bond acceptors (Lipinski definition) is 11. The zero-order chi connectivity index (χ0) is 30.2. The fourth-order valence-electron chi connectivity index (χ4n) is 5.48. The fraction of sp³-hybridized carbons (Fsp3) is 0.607. The molecule has 2 N–H and O–H groups in total. The summed E-state index contributed by atoms with van der Waals surface area (Å²) in [5.74, 6) is 2.24. The Morgan fingerprint density at radius 1 is 1.17 bits per heavy atom. The van der Waals surface area contributed by atoms with Gasteiger partial charge in [0.2, 0.25) is 5.95 Å². The van der Waals surface area contributed by atoms with Crippen molar-refractivity contribution < 1.29 is 14.4 Å². The highest BCUT2D eigenvalue weighted by Gasteiger charge is 2.57. The number of nitro benzene ring substituents is 1. The highest BCUT2D eigenvalue weighted by molar-refractivity contribution is 6.76. The van der Waals surface area contributed by atoms with Crippen LogP contribution in [0, 0.1) is 16.0 Å². The van der Waals surface area contributed by atoms with Crippen LogP contribution in [0.4, 0.5) is 28.8 Å². The molecule has 228 valence electrons. The van der Waals surface area contributed by atoms with Crippen molar-refractivity contribution in [2.75, 3.05) is 63.5 Å². The van der Waals surface area contributed by atoms with Crippen molar-refractivity contribution in [3.63, 3.8) is 0 Å². The molecule has 3 aliphatic carbocycles. The Hall–Kier alpha value is -3.49. The number of aromatic nitrogens is 4. The molecule has 6 rings (SSSR count). The van der Waals surface area contributed by atoms with Crippen molar-refractivity contribution in [1.82, 2.24) is 24.6 Å². The first kappa shape index (κ1) is 30.0. The van der Waals surface area contributed by atoms with E-state index in [1.807, 2.05) is 30.9 Å². The third-order valence-electron chi connectivity index (χ3n) is 8.16. The second-order valence-electron chi connectivity index (χ2n) is 13.2. The number of fused-ring (bicyclic) bond motifs is 1. The van der Waals surface area contributed by atoms with Crippen LogP contribution >= 0.6 is 0 Å². The first-order chi connectivity index (χ1) is 19.9. The third kappa shape index (κ3) is 6.44. The zero-order valence-corrected chi connectivity index (χ0v) is 26.7. The van der Waals surface area contributed by atoms with Crippen LogP contribution < -0.4 is 20.3 Å². The first-order valence-corrected chi connectivity index (χ1v) is 18.2. The third-order valence-corrected chi connectivity index (χ3v) is 9.87. The number of ether oxygens (including phenoxy) is 2. The van der Waals surface area contributed by atoms with Gasteiger partial charge in [-0.15, -0.1) is 0 Å². The second kappa shape index (κ2) is 11.6. The molecule has 14 heteroatoms. The van der Waals surface area contributed by atoms with Gasteiger partial charge in [-0.05, 0) is 45.3 Å². The molecule has 2 bridgehead atoms. The molecular weight excluding hydrogens is 554 g/mol. The molecule has 0 atom stereocenters. The predicted octanol–water partition coefficient (Wildman–Crippen LogP) is 4.76. The van der Waals surface area contributed by atoms with Gasteiger partial charge in [0.1, 0.15) is 24.0 Å². The van der Waals surface area contributed by atoms with Crippen LogP contribution in [-0.4, -0.2) is 91.1 Å². The van der Waals surface area contributed by atoms with Crippen molar-refractivity contribution in [3.05, 3.63) is 28.4 Å². The summed E-state index contributed by atoms with van der Waals surface area (Å²) in [7, 11) is 6.10. The van der Waals surface area contributed by atoms with E-state index >= 15 is 0 Å². The van der Waals surface area contributed by atoms with Crippen LogP contribution in [0.5, 0.6) is 5.75 Å². The summed E-state index contributed by atoms with van der Waals surface area (Å²) in [5.41, 5.74) is 1.55. The van der Waals surface area contributed by atoms with Gasteiger partial charge in [-0.3, -0.25) is 10.1 Å². The summed E-state index contributed by atoms with van der Waals surface area (Å²) < 4.78 is 13.4. The summed E-state index contributed by atoms with van der Waals surface area (Å²) in [6.45, 7) is 9.27. The molecule has 3 aromatic rings. The Morgan fingerprint density at radius 3 is 2.50 bits per heavy atom. The first-order valence-electron chi connectivity index (χ1n) is 14.5. The molecular formula is C28H43N9O4Si. The fourth-order valence-corrected chi connectivity index (χ4v) is 6.24. The highest BCUT2D eigenvalue weighted by atomic mass is 28.3. The number of nitrogens with zero attached hydrogens (tertiary/aromatic N) is 7. The molecule has 3 saturated carbocycles. The van der Waals surface area contributed by atoms with Crippen molar-refractivity contribution in [1.29, 1.82) is 0 Å². The molecule has 2 heterocycles. The molecule has 1 aromatic carbocycles. The summed E-state index contributed by atoms with van der Waals surface area (Å²) in [6, 6.07) is 4.23. The monoisotopic (exact) mass is 597 g/mol. The second-order valence-corrected chi connectivity index (χ2v) is 18.8. The van der Waals surface area contributed by atoms with Crippen LogP contribution in [-0.2, 0) is 11.5 Å². The standard InChI is InChI=1S/C28H43N9O4Si/c1-34(2)8-9-35(3)22-13-24(40-4)21(12-23(22)37(38)39)30-27-31-25(33-28-14-19(15-28)16-28)20-17-29-36(26(20)32-27)18-41-10-11-42(5,6)7/h12-13,17,19H,8-11,14-16,18H2,1-7H3,(H2,30,31,32,33). The molecule has 2 aromatic heterocycles. The van der Waals surface area contributed by atoms with E-state index < -0.39 is 8.07 Å². The van der Waals surface area contributed by atoms with E-state index in [1.165, 1.54) is 6.07 Å². The van der Waals surface area contributed by atoms with Gasteiger partial charge in [-0.2, -0.15) is 15.1 Å². The van der Waals surface area contributed by atoms with Crippen LogP contribution in [0.3, 0.4) is 0 Å². The number of methoxy groups -OCH3 is 1. The Labute approximate surface area is 247 Å². The number of hydrogen-bond donors (Lipinski definition) is 2. The van der Waals surface area contributed by atoms with E-state index in [4.69, 9.17) is 19.4 Å². The number of nitro groups is 1. The molecule has 0 amide bonds. The molecule has 3 fully saturated rings. The van der Waals surface area contributed by atoms with Crippen LogP contribution in [0.15, 0.2) is 18.3 Å². The van der Waals surface area contributed by atoms with E-state index in [-0.39, 0.29) is 22.9 Å². The van der Waals surface area contributed by atoms with Crippen LogP contribution in [0.25, 0.3) is 11.0 Å². The van der Waals surface area contributed by atoms with E-state index in [1.54, 1.807) is 24.1 Å². The SMILES string of the molecule is COc1cc(N(C)CCN(C)C)c([N+](=O)[O-])cc1Nc1nc(NC23CC(C2)C3)c2cnn(COCC[Si](C)(C)C)c2n1. The lowest BCUT2D eigenvalue weighted by atomic mass is 9.50. The molecule has 13 nitrogen and oxygen atoms in total. The minimum atomic E-state index is -1.22. The van der Waals surface area contributed by atoms with Gasteiger partial charge < -0.3 is 29.9 Å². The molecule has 0 radical (unpaired) electrons. The maximum absolute atomic E-state index is 12.1. The maximum Gasteiger partial charge on any atom is 0.294 e. The molecule has 42 heavy (non-hydrogen) atoms. The molecule has 3 aliphatic rings. The molecule has 0 unspecified atom stereocenters. The Balaban J connectivity index is 1.47. The average molecular weight is 598 g/mol. The van der Waals surface area contributed by atoms with Gasteiger partial charge >= 0.3 is 0 Å². The van der Waals surface area contributed by atoms with Gasteiger partial charge in [0.15, 0.2) is 5.65 Å². The number of benzene rings is 1. The summed E-state index contributed by atoms with van der Waals surface area (Å²) >= 11 is 0. The summed E-state index contributed by atoms with van der Waals surface area (Å²) in [6.07, 6.45) is 5.19. The van der Waals surface area contributed by atoms with E-state index in [0.717, 1.165) is 43.2 Å². The summed E-state index contributed by atoms with van der Waals surface area (Å²) in [4.78, 5) is 25.3. The molecule has 0 saturated heterocycles. The lowest BCUT2D eigenvalue weighted by molar-refractivity contribution is -0.384. The summed E-state index contributed by atoms with van der Waals surface area (Å²) in [5, 5.41) is 24.4. The van der Waals surface area contributed by atoms with Crippen molar-refractivity contribution in [2.24, 2.45) is 5.92 Å². The lowest BCUT2D eigenvalue weighted by Crippen LogP contribution is -2.63. The predicted molar refractivity (Wildman–Crippen MR) is 168 cm³/mol. The Morgan fingerprint density at radius 2 is 1.90 bits per heavy atom. The van der Waals surface area contributed by atoms with Gasteiger partial charge in [0.05, 0.1) is 29.3 Å². The zero-order valence-electron chi connectivity index (χ0n) is 25.7.